The van der Waals surface area contributed by atoms with Crippen molar-refractivity contribution >= 4 is 23.2 Å². The standard InChI is InChI=1S/C16H25NO3S/c1-11(2)9-13(16(19)20)10-17-15(18)6-4-5-14-8-7-12(3)21-14/h7-8,11,13H,4-6,9-10H2,1-3H3,(H,17,18)(H,19,20). The molecule has 2 N–H and O–H groups in total. The van der Waals surface area contributed by atoms with Crippen molar-refractivity contribution in [3.63, 3.8) is 0 Å². The van der Waals surface area contributed by atoms with Gasteiger partial charge >= 0.3 is 5.97 Å². The van der Waals surface area contributed by atoms with Crippen LogP contribution in [0.5, 0.6) is 0 Å². The lowest BCUT2D eigenvalue weighted by atomic mass is 9.97. The minimum atomic E-state index is -0.835. The van der Waals surface area contributed by atoms with Crippen LogP contribution in [0.2, 0.25) is 0 Å². The first-order chi connectivity index (χ1) is 9.88. The average Bonchev–Trinajstić information content (AvgIpc) is 2.79. The lowest BCUT2D eigenvalue weighted by molar-refractivity contribution is -0.142. The van der Waals surface area contributed by atoms with Gasteiger partial charge in [0.1, 0.15) is 0 Å². The Hall–Kier alpha value is -1.36. The number of aryl methyl sites for hydroxylation is 2. The molecule has 0 saturated carbocycles. The third-order valence-corrected chi connectivity index (χ3v) is 4.33. The van der Waals surface area contributed by atoms with Crippen LogP contribution >= 0.6 is 11.3 Å². The molecule has 0 spiro atoms. The number of rotatable bonds is 9. The molecule has 1 heterocycles. The zero-order chi connectivity index (χ0) is 15.8. The molecule has 0 bridgehead atoms. The number of carboxylic acids is 1. The summed E-state index contributed by atoms with van der Waals surface area (Å²) in [5.41, 5.74) is 0. The fourth-order valence-corrected chi connectivity index (χ4v) is 3.14. The van der Waals surface area contributed by atoms with Gasteiger partial charge in [-0.1, -0.05) is 13.8 Å². The molecule has 0 aliphatic rings. The number of carboxylic acid groups (broad SMARTS) is 1. The smallest absolute Gasteiger partial charge is 0.308 e. The van der Waals surface area contributed by atoms with E-state index in [4.69, 9.17) is 5.11 Å². The fraction of sp³-hybridized carbons (Fsp3) is 0.625. The van der Waals surface area contributed by atoms with Gasteiger partial charge in [-0.05, 0) is 44.2 Å². The highest BCUT2D eigenvalue weighted by molar-refractivity contribution is 7.11. The van der Waals surface area contributed by atoms with E-state index in [0.717, 1.165) is 12.8 Å². The van der Waals surface area contributed by atoms with Crippen molar-refractivity contribution < 1.29 is 14.7 Å². The van der Waals surface area contributed by atoms with E-state index in [1.165, 1.54) is 9.75 Å². The van der Waals surface area contributed by atoms with E-state index in [2.05, 4.69) is 24.4 Å². The van der Waals surface area contributed by atoms with Crippen LogP contribution in [0.1, 0.15) is 42.9 Å². The predicted octanol–water partition coefficient (Wildman–Crippen LogP) is 3.24. The molecule has 1 aromatic heterocycles. The Morgan fingerprint density at radius 3 is 2.57 bits per heavy atom. The molecule has 1 aromatic rings. The lowest BCUT2D eigenvalue weighted by Gasteiger charge is -2.15. The quantitative estimate of drug-likeness (QED) is 0.735. The van der Waals surface area contributed by atoms with Crippen LogP contribution in [-0.2, 0) is 16.0 Å². The molecule has 5 heteroatoms. The summed E-state index contributed by atoms with van der Waals surface area (Å²) >= 11 is 1.76. The molecule has 0 aromatic carbocycles. The molecular formula is C16H25NO3S. The molecule has 1 amide bonds. The van der Waals surface area contributed by atoms with Crippen molar-refractivity contribution in [2.24, 2.45) is 11.8 Å². The highest BCUT2D eigenvalue weighted by Crippen LogP contribution is 2.17. The second-order valence-electron chi connectivity index (χ2n) is 5.83. The zero-order valence-electron chi connectivity index (χ0n) is 13.0. The van der Waals surface area contributed by atoms with E-state index in [-0.39, 0.29) is 12.5 Å². The van der Waals surface area contributed by atoms with Gasteiger partial charge in [0, 0.05) is 22.7 Å². The van der Waals surface area contributed by atoms with E-state index in [9.17, 15) is 9.59 Å². The molecule has 0 aliphatic carbocycles. The molecular weight excluding hydrogens is 286 g/mol. The average molecular weight is 311 g/mol. The molecule has 4 nitrogen and oxygen atoms in total. The number of nitrogens with one attached hydrogen (secondary N) is 1. The normalized spacial score (nSPS) is 12.4. The molecule has 1 rings (SSSR count). The summed E-state index contributed by atoms with van der Waals surface area (Å²) in [7, 11) is 0. The highest BCUT2D eigenvalue weighted by Gasteiger charge is 2.19. The Labute approximate surface area is 130 Å². The summed E-state index contributed by atoms with van der Waals surface area (Å²) in [6.45, 7) is 6.27. The first-order valence-electron chi connectivity index (χ1n) is 7.43. The van der Waals surface area contributed by atoms with Gasteiger partial charge in [-0.2, -0.15) is 0 Å². The molecule has 0 fully saturated rings. The van der Waals surface area contributed by atoms with Gasteiger partial charge in [0.2, 0.25) is 5.91 Å². The topological polar surface area (TPSA) is 66.4 Å². The Kier molecular flexibility index (Phi) is 7.43. The largest absolute Gasteiger partial charge is 0.481 e. The van der Waals surface area contributed by atoms with Crippen LogP contribution in [-0.4, -0.2) is 23.5 Å². The monoisotopic (exact) mass is 311 g/mol. The number of hydrogen-bond donors (Lipinski definition) is 2. The van der Waals surface area contributed by atoms with Gasteiger partial charge in [-0.3, -0.25) is 9.59 Å². The second kappa shape index (κ2) is 8.82. The lowest BCUT2D eigenvalue weighted by Crippen LogP contribution is -2.33. The molecule has 0 aliphatic heterocycles. The summed E-state index contributed by atoms with van der Waals surface area (Å²) in [5, 5.41) is 11.9. The molecule has 21 heavy (non-hydrogen) atoms. The van der Waals surface area contributed by atoms with Crippen molar-refractivity contribution in [3.8, 4) is 0 Å². The minimum absolute atomic E-state index is 0.0571. The zero-order valence-corrected chi connectivity index (χ0v) is 13.8. The third-order valence-electron chi connectivity index (χ3n) is 3.27. The molecule has 1 atom stereocenters. The summed E-state index contributed by atoms with van der Waals surface area (Å²) < 4.78 is 0. The highest BCUT2D eigenvalue weighted by atomic mass is 32.1. The third kappa shape index (κ3) is 7.27. The van der Waals surface area contributed by atoms with Crippen molar-refractivity contribution in [2.45, 2.75) is 46.5 Å². The Bertz CT molecular complexity index is 468. The first-order valence-corrected chi connectivity index (χ1v) is 8.25. The number of amides is 1. The van der Waals surface area contributed by atoms with Crippen molar-refractivity contribution in [1.82, 2.24) is 5.32 Å². The fourth-order valence-electron chi connectivity index (χ4n) is 2.21. The van der Waals surface area contributed by atoms with E-state index >= 15 is 0 Å². The maximum atomic E-state index is 11.8. The Balaban J connectivity index is 2.24. The number of thiophene rings is 1. The van der Waals surface area contributed by atoms with Crippen LogP contribution in [0.15, 0.2) is 12.1 Å². The maximum Gasteiger partial charge on any atom is 0.308 e. The van der Waals surface area contributed by atoms with Gasteiger partial charge in [0.15, 0.2) is 0 Å². The van der Waals surface area contributed by atoms with E-state index in [1.54, 1.807) is 11.3 Å². The van der Waals surface area contributed by atoms with Gasteiger partial charge < -0.3 is 10.4 Å². The predicted molar refractivity (Wildman–Crippen MR) is 85.6 cm³/mol. The Morgan fingerprint density at radius 1 is 1.33 bits per heavy atom. The molecule has 0 saturated heterocycles. The molecule has 0 radical (unpaired) electrons. The van der Waals surface area contributed by atoms with Crippen LogP contribution < -0.4 is 5.32 Å². The summed E-state index contributed by atoms with van der Waals surface area (Å²) in [6.07, 6.45) is 2.74. The van der Waals surface area contributed by atoms with Crippen LogP contribution in [0.25, 0.3) is 0 Å². The Morgan fingerprint density at radius 2 is 2.05 bits per heavy atom. The molecule has 118 valence electrons. The van der Waals surface area contributed by atoms with Crippen LogP contribution in [0.3, 0.4) is 0 Å². The SMILES string of the molecule is Cc1ccc(CCCC(=O)NCC(CC(C)C)C(=O)O)s1. The summed E-state index contributed by atoms with van der Waals surface area (Å²) in [4.78, 5) is 25.4. The van der Waals surface area contributed by atoms with Crippen molar-refractivity contribution in [1.29, 1.82) is 0 Å². The van der Waals surface area contributed by atoms with Crippen molar-refractivity contribution in [2.75, 3.05) is 6.54 Å². The van der Waals surface area contributed by atoms with Crippen molar-refractivity contribution in [3.05, 3.63) is 21.9 Å². The summed E-state index contributed by atoms with van der Waals surface area (Å²) in [6, 6.07) is 4.18. The first kappa shape index (κ1) is 17.7. The second-order valence-corrected chi connectivity index (χ2v) is 7.21. The maximum absolute atomic E-state index is 11.8. The molecule has 1 unspecified atom stereocenters. The number of aliphatic carboxylic acids is 1. The van der Waals surface area contributed by atoms with E-state index < -0.39 is 11.9 Å². The summed E-state index contributed by atoms with van der Waals surface area (Å²) in [5.74, 6) is -1.07. The number of carbonyl (C=O) groups excluding carboxylic acids is 1. The van der Waals surface area contributed by atoms with Crippen LogP contribution in [0.4, 0.5) is 0 Å². The number of carbonyl (C=O) groups is 2. The number of hydrogen-bond acceptors (Lipinski definition) is 3. The van der Waals surface area contributed by atoms with E-state index in [1.807, 2.05) is 13.8 Å². The van der Waals surface area contributed by atoms with Gasteiger partial charge in [0.25, 0.3) is 0 Å². The van der Waals surface area contributed by atoms with Gasteiger partial charge in [-0.15, -0.1) is 11.3 Å². The van der Waals surface area contributed by atoms with E-state index in [0.29, 0.717) is 18.8 Å². The van der Waals surface area contributed by atoms with Gasteiger partial charge in [-0.25, -0.2) is 0 Å². The van der Waals surface area contributed by atoms with Gasteiger partial charge in [0.05, 0.1) is 5.92 Å². The van der Waals surface area contributed by atoms with Crippen LogP contribution in [0, 0.1) is 18.8 Å². The minimum Gasteiger partial charge on any atom is -0.481 e.